The van der Waals surface area contributed by atoms with E-state index in [1.54, 1.807) is 18.2 Å². The minimum atomic E-state index is -0.850. The number of anilines is 1. The van der Waals surface area contributed by atoms with Crippen LogP contribution in [0.3, 0.4) is 0 Å². The van der Waals surface area contributed by atoms with Gasteiger partial charge in [-0.2, -0.15) is 0 Å². The van der Waals surface area contributed by atoms with Crippen molar-refractivity contribution in [2.75, 3.05) is 19.1 Å². The molecule has 3 amide bonds. The predicted molar refractivity (Wildman–Crippen MR) is 111 cm³/mol. The third kappa shape index (κ3) is 2.61. The zero-order valence-electron chi connectivity index (χ0n) is 17.1. The van der Waals surface area contributed by atoms with E-state index >= 15 is 0 Å². The minimum absolute atomic E-state index is 0.302. The first-order valence-corrected chi connectivity index (χ1v) is 10.0. The lowest BCUT2D eigenvalue weighted by atomic mass is 9.84. The molecule has 0 saturated carbocycles. The molecule has 0 aliphatic carbocycles. The molecule has 31 heavy (non-hydrogen) atoms. The number of amides is 3. The number of quaternary nitrogens is 1. The average molecular weight is 420 g/mol. The van der Waals surface area contributed by atoms with Crippen molar-refractivity contribution in [2.24, 2.45) is 17.6 Å². The number of nitrogens with two attached hydrogens (primary N) is 1. The summed E-state index contributed by atoms with van der Waals surface area (Å²) in [7, 11) is 2.97. The number of carbonyl (C=O) groups excluding carboxylic acids is 3. The summed E-state index contributed by atoms with van der Waals surface area (Å²) in [6, 6.07) is 11.4. The molecule has 2 aromatic carbocycles. The Labute approximate surface area is 178 Å². The number of carbonyl (C=O) groups is 3. The van der Waals surface area contributed by atoms with Crippen molar-refractivity contribution in [1.29, 1.82) is 0 Å². The molecular formula is C23H22N3O5+. The highest BCUT2D eigenvalue weighted by Crippen LogP contribution is 2.46. The Morgan fingerprint density at radius 1 is 1.03 bits per heavy atom. The molecule has 8 heteroatoms. The standard InChI is InChI=1S/C23H21N3O5/c1-30-13-7-8-16(31-2)15(11-13)26-22(28)17-18(23(26)29)20(21(24)27)25-10-9-12-5-3-4-6-14(12)19(17)25/h3-11,17-20H,1-2H3,(H2,24,27)/p+1/t17-,18+,19+,20-/m0/s1. The number of imide groups is 1. The number of hydrogen-bond acceptors (Lipinski definition) is 5. The van der Waals surface area contributed by atoms with Crippen molar-refractivity contribution in [3.8, 4) is 11.5 Å². The zero-order chi connectivity index (χ0) is 21.9. The average Bonchev–Trinajstić information content (AvgIpc) is 3.26. The van der Waals surface area contributed by atoms with Gasteiger partial charge in [-0.1, -0.05) is 24.3 Å². The summed E-state index contributed by atoms with van der Waals surface area (Å²) in [5, 5.41) is 0. The molecule has 5 atom stereocenters. The number of benzene rings is 2. The summed E-state index contributed by atoms with van der Waals surface area (Å²) < 4.78 is 10.7. The number of nitrogens with one attached hydrogen (secondary N) is 1. The lowest BCUT2D eigenvalue weighted by Crippen LogP contribution is -3.12. The van der Waals surface area contributed by atoms with Gasteiger partial charge in [0.05, 0.1) is 26.1 Å². The predicted octanol–water partition coefficient (Wildman–Crippen LogP) is 0.287. The molecule has 0 spiro atoms. The first kappa shape index (κ1) is 19.3. The van der Waals surface area contributed by atoms with Crippen LogP contribution in [0.15, 0.2) is 48.7 Å². The number of hydrogen-bond donors (Lipinski definition) is 2. The van der Waals surface area contributed by atoms with Crippen LogP contribution in [0.2, 0.25) is 0 Å². The Morgan fingerprint density at radius 3 is 2.48 bits per heavy atom. The molecule has 3 N–H and O–H groups in total. The Bertz CT molecular complexity index is 1140. The second-order valence-corrected chi connectivity index (χ2v) is 7.92. The van der Waals surface area contributed by atoms with Crippen LogP contribution in [0.25, 0.3) is 6.08 Å². The van der Waals surface area contributed by atoms with Gasteiger partial charge in [-0.15, -0.1) is 0 Å². The van der Waals surface area contributed by atoms with Crippen molar-refractivity contribution in [3.05, 3.63) is 59.8 Å². The van der Waals surface area contributed by atoms with E-state index in [0.29, 0.717) is 17.2 Å². The van der Waals surface area contributed by atoms with Crippen molar-refractivity contribution in [1.82, 2.24) is 0 Å². The van der Waals surface area contributed by atoms with Crippen molar-refractivity contribution in [3.63, 3.8) is 0 Å². The van der Waals surface area contributed by atoms with Crippen LogP contribution in [0.5, 0.6) is 11.5 Å². The highest BCUT2D eigenvalue weighted by atomic mass is 16.5. The summed E-state index contributed by atoms with van der Waals surface area (Å²) in [4.78, 5) is 41.7. The normalized spacial score (nSPS) is 28.2. The molecule has 8 nitrogen and oxygen atoms in total. The fourth-order valence-electron chi connectivity index (χ4n) is 5.28. The monoisotopic (exact) mass is 420 g/mol. The summed E-state index contributed by atoms with van der Waals surface area (Å²) >= 11 is 0. The lowest BCUT2D eigenvalue weighted by molar-refractivity contribution is -0.884. The van der Waals surface area contributed by atoms with E-state index in [9.17, 15) is 14.4 Å². The molecule has 0 radical (unpaired) electrons. The number of rotatable bonds is 4. The number of primary amides is 1. The van der Waals surface area contributed by atoms with Crippen LogP contribution in [0.4, 0.5) is 5.69 Å². The van der Waals surface area contributed by atoms with Crippen molar-refractivity contribution < 1.29 is 28.8 Å². The van der Waals surface area contributed by atoms with Crippen LogP contribution in [0, 0.1) is 11.8 Å². The van der Waals surface area contributed by atoms with Gasteiger partial charge in [0.15, 0.2) is 6.04 Å². The van der Waals surface area contributed by atoms with Gasteiger partial charge in [0, 0.05) is 11.6 Å². The van der Waals surface area contributed by atoms with Gasteiger partial charge in [-0.05, 0) is 23.8 Å². The fraction of sp³-hybridized carbons (Fsp3) is 0.261. The SMILES string of the molecule is COc1ccc(OC)c(N2C(=O)[C@@H]3[C@H](C2=O)[C@H]2c4ccccc4C=C[NH+]2[C@@H]3C(N)=O)c1. The molecule has 0 aromatic heterocycles. The smallest absolute Gasteiger partial charge is 0.277 e. The fourth-order valence-corrected chi connectivity index (χ4v) is 5.28. The molecular weight excluding hydrogens is 398 g/mol. The highest BCUT2D eigenvalue weighted by Gasteiger charge is 2.68. The van der Waals surface area contributed by atoms with Gasteiger partial charge >= 0.3 is 0 Å². The van der Waals surface area contributed by atoms with E-state index in [1.165, 1.54) is 14.2 Å². The summed E-state index contributed by atoms with van der Waals surface area (Å²) in [5.41, 5.74) is 7.96. The number of nitrogens with zero attached hydrogens (tertiary/aromatic N) is 1. The van der Waals surface area contributed by atoms with Crippen LogP contribution in [0.1, 0.15) is 17.2 Å². The highest BCUT2D eigenvalue weighted by molar-refractivity contribution is 6.24. The van der Waals surface area contributed by atoms with E-state index in [4.69, 9.17) is 15.2 Å². The summed E-state index contributed by atoms with van der Waals surface area (Å²) in [6.45, 7) is 0. The minimum Gasteiger partial charge on any atom is -0.497 e. The third-order valence-electron chi connectivity index (χ3n) is 6.55. The zero-order valence-corrected chi connectivity index (χ0v) is 17.1. The van der Waals surface area contributed by atoms with Crippen LogP contribution < -0.4 is 25.0 Å². The quantitative estimate of drug-likeness (QED) is 0.692. The van der Waals surface area contributed by atoms with E-state index in [1.807, 2.05) is 36.5 Å². The number of methoxy groups -OCH3 is 2. The van der Waals surface area contributed by atoms with Gasteiger partial charge in [0.25, 0.3) is 5.91 Å². The van der Waals surface area contributed by atoms with E-state index in [2.05, 4.69) is 0 Å². The number of ether oxygens (including phenoxy) is 2. The Kier molecular flexibility index (Phi) is 4.33. The first-order valence-electron chi connectivity index (χ1n) is 10.0. The van der Waals surface area contributed by atoms with E-state index in [-0.39, 0.29) is 11.9 Å². The largest absolute Gasteiger partial charge is 0.497 e. The molecule has 5 rings (SSSR count). The van der Waals surface area contributed by atoms with E-state index in [0.717, 1.165) is 20.9 Å². The Balaban J connectivity index is 1.66. The second kappa shape index (κ2) is 6.95. The molecule has 2 saturated heterocycles. The molecule has 0 bridgehead atoms. The molecule has 158 valence electrons. The van der Waals surface area contributed by atoms with Crippen LogP contribution in [-0.4, -0.2) is 38.0 Å². The topological polar surface area (TPSA) is 103 Å². The molecule has 2 aromatic rings. The maximum atomic E-state index is 13.7. The van der Waals surface area contributed by atoms with E-state index < -0.39 is 29.7 Å². The first-order chi connectivity index (χ1) is 15.0. The Hall–Kier alpha value is -3.65. The van der Waals surface area contributed by atoms with Gasteiger partial charge in [-0.25, -0.2) is 4.90 Å². The van der Waals surface area contributed by atoms with Gasteiger partial charge in [0.2, 0.25) is 11.8 Å². The Morgan fingerprint density at radius 2 is 1.77 bits per heavy atom. The molecule has 3 heterocycles. The summed E-state index contributed by atoms with van der Waals surface area (Å²) in [5.74, 6) is -2.11. The summed E-state index contributed by atoms with van der Waals surface area (Å²) in [6.07, 6.45) is 3.76. The van der Waals surface area contributed by atoms with Crippen LogP contribution in [-0.2, 0) is 14.4 Å². The van der Waals surface area contributed by atoms with Crippen molar-refractivity contribution >= 4 is 29.5 Å². The molecule has 3 aliphatic rings. The number of fused-ring (bicyclic) bond motifs is 5. The molecule has 2 fully saturated rings. The lowest BCUT2D eigenvalue weighted by Gasteiger charge is -2.30. The van der Waals surface area contributed by atoms with Gasteiger partial charge in [0.1, 0.15) is 29.4 Å². The molecule has 1 unspecified atom stereocenters. The van der Waals surface area contributed by atoms with Gasteiger partial charge < -0.3 is 15.2 Å². The third-order valence-corrected chi connectivity index (χ3v) is 6.55. The molecule has 3 aliphatic heterocycles. The van der Waals surface area contributed by atoms with Crippen molar-refractivity contribution in [2.45, 2.75) is 12.1 Å². The maximum Gasteiger partial charge on any atom is 0.277 e. The van der Waals surface area contributed by atoms with Crippen LogP contribution >= 0.6 is 0 Å². The second-order valence-electron chi connectivity index (χ2n) is 7.92. The van der Waals surface area contributed by atoms with Gasteiger partial charge in [-0.3, -0.25) is 19.3 Å². The maximum absolute atomic E-state index is 13.7.